The Balaban J connectivity index is 2.02. The predicted molar refractivity (Wildman–Crippen MR) is 102 cm³/mol. The van der Waals surface area contributed by atoms with Crippen molar-refractivity contribution in [3.8, 4) is 0 Å². The van der Waals surface area contributed by atoms with Crippen molar-refractivity contribution in [2.75, 3.05) is 11.6 Å². The van der Waals surface area contributed by atoms with Crippen LogP contribution in [0.2, 0.25) is 0 Å². The lowest BCUT2D eigenvalue weighted by molar-refractivity contribution is -0.137. The smallest absolute Gasteiger partial charge is 0.319 e. The summed E-state index contributed by atoms with van der Waals surface area (Å²) in [5.41, 5.74) is 1.19. The van der Waals surface area contributed by atoms with E-state index in [1.54, 1.807) is 0 Å². The highest BCUT2D eigenvalue weighted by Gasteiger charge is 2.16. The number of rotatable bonds is 8. The molecular formula is C19H21FN2O4S. The maximum Gasteiger partial charge on any atom is 0.319 e. The molecule has 2 atom stereocenters. The Morgan fingerprint density at radius 1 is 1.19 bits per heavy atom. The molecule has 2 rings (SSSR count). The lowest BCUT2D eigenvalue weighted by atomic mass is 10.0. The number of anilines is 1. The van der Waals surface area contributed by atoms with E-state index in [2.05, 4.69) is 10.6 Å². The second kappa shape index (κ2) is 9.82. The lowest BCUT2D eigenvalue weighted by Gasteiger charge is -2.19. The molecule has 0 radical (unpaired) electrons. The van der Waals surface area contributed by atoms with Crippen LogP contribution in [0.15, 0.2) is 53.4 Å². The number of nitrogens with one attached hydrogen (secondary N) is 2. The zero-order valence-corrected chi connectivity index (χ0v) is 15.6. The van der Waals surface area contributed by atoms with Gasteiger partial charge in [-0.15, -0.1) is 0 Å². The number of hydrogen-bond acceptors (Lipinski definition) is 3. The van der Waals surface area contributed by atoms with Gasteiger partial charge in [-0.3, -0.25) is 9.00 Å². The first-order valence-electron chi connectivity index (χ1n) is 8.31. The van der Waals surface area contributed by atoms with Crippen LogP contribution in [0.25, 0.3) is 0 Å². The van der Waals surface area contributed by atoms with Crippen molar-refractivity contribution in [3.05, 3.63) is 59.9 Å². The molecule has 6 nitrogen and oxygen atoms in total. The van der Waals surface area contributed by atoms with Crippen LogP contribution in [-0.2, 0) is 22.0 Å². The van der Waals surface area contributed by atoms with Gasteiger partial charge >= 0.3 is 12.0 Å². The molecule has 0 aromatic heterocycles. The zero-order chi connectivity index (χ0) is 19.8. The molecule has 8 heteroatoms. The van der Waals surface area contributed by atoms with E-state index in [1.807, 2.05) is 30.3 Å². The van der Waals surface area contributed by atoms with Crippen LogP contribution in [0.1, 0.15) is 18.4 Å². The number of carboxylic acids is 1. The summed E-state index contributed by atoms with van der Waals surface area (Å²) in [5.74, 6) is -1.61. The summed E-state index contributed by atoms with van der Waals surface area (Å²) in [7, 11) is -1.46. The third-order valence-electron chi connectivity index (χ3n) is 3.87. The van der Waals surface area contributed by atoms with Gasteiger partial charge in [0.15, 0.2) is 0 Å². The second-order valence-corrected chi connectivity index (χ2v) is 7.36. The van der Waals surface area contributed by atoms with Crippen LogP contribution in [0.5, 0.6) is 0 Å². The Kier molecular flexibility index (Phi) is 7.48. The lowest BCUT2D eigenvalue weighted by Crippen LogP contribution is -2.39. The van der Waals surface area contributed by atoms with E-state index in [4.69, 9.17) is 5.11 Å². The van der Waals surface area contributed by atoms with E-state index in [9.17, 15) is 18.2 Å². The summed E-state index contributed by atoms with van der Waals surface area (Å²) in [5, 5.41) is 14.2. The molecule has 3 N–H and O–H groups in total. The standard InChI is InChI=1S/C19H21FN2O4S/c1-27(26)17-9-7-15(12-16(17)20)22-19(25)21-14(8-10-18(23)24)11-13-5-3-2-4-6-13/h2-7,9,12,14H,8,10-11H2,1H3,(H,23,24)(H2,21,22,25). The Morgan fingerprint density at radius 3 is 2.48 bits per heavy atom. The van der Waals surface area contributed by atoms with E-state index >= 15 is 0 Å². The first-order valence-corrected chi connectivity index (χ1v) is 9.87. The van der Waals surface area contributed by atoms with Crippen LogP contribution in [0.3, 0.4) is 0 Å². The SMILES string of the molecule is CS(=O)c1ccc(NC(=O)NC(CCC(=O)O)Cc2ccccc2)cc1F. The molecular weight excluding hydrogens is 371 g/mol. The summed E-state index contributed by atoms with van der Waals surface area (Å²) in [6.45, 7) is 0. The molecule has 2 aromatic rings. The molecule has 2 aromatic carbocycles. The number of hydrogen-bond donors (Lipinski definition) is 3. The van der Waals surface area contributed by atoms with Crippen molar-refractivity contribution in [1.82, 2.24) is 5.32 Å². The van der Waals surface area contributed by atoms with Crippen LogP contribution < -0.4 is 10.6 Å². The fourth-order valence-electron chi connectivity index (χ4n) is 2.59. The molecule has 0 aliphatic heterocycles. The van der Waals surface area contributed by atoms with Crippen molar-refractivity contribution in [3.63, 3.8) is 0 Å². The summed E-state index contributed by atoms with van der Waals surface area (Å²) in [6.07, 6.45) is 2.03. The molecule has 0 aliphatic carbocycles. The number of urea groups is 1. The molecule has 0 fully saturated rings. The predicted octanol–water partition coefficient (Wildman–Crippen LogP) is 3.16. The zero-order valence-electron chi connectivity index (χ0n) is 14.8. The normalized spacial score (nSPS) is 12.8. The molecule has 0 heterocycles. The largest absolute Gasteiger partial charge is 0.481 e. The summed E-state index contributed by atoms with van der Waals surface area (Å²) in [4.78, 5) is 23.2. The third kappa shape index (κ3) is 6.82. The molecule has 27 heavy (non-hydrogen) atoms. The van der Waals surface area contributed by atoms with E-state index in [0.29, 0.717) is 6.42 Å². The summed E-state index contributed by atoms with van der Waals surface area (Å²) in [6, 6.07) is 12.4. The van der Waals surface area contributed by atoms with Gasteiger partial charge in [0.25, 0.3) is 0 Å². The second-order valence-electron chi connectivity index (χ2n) is 6.02. The van der Waals surface area contributed by atoms with Gasteiger partial charge in [-0.05, 0) is 36.6 Å². The van der Waals surface area contributed by atoms with Crippen LogP contribution in [0, 0.1) is 5.82 Å². The average Bonchev–Trinajstić information content (AvgIpc) is 2.60. The van der Waals surface area contributed by atoms with E-state index in [-0.39, 0.29) is 23.4 Å². The number of amides is 2. The first kappa shape index (κ1) is 20.6. The highest BCUT2D eigenvalue weighted by molar-refractivity contribution is 7.84. The van der Waals surface area contributed by atoms with Gasteiger partial charge in [0.1, 0.15) is 5.82 Å². The molecule has 0 bridgehead atoms. The highest BCUT2D eigenvalue weighted by atomic mass is 32.2. The molecule has 0 spiro atoms. The Hall–Kier alpha value is -2.74. The van der Waals surface area contributed by atoms with Gasteiger partial charge in [0.05, 0.1) is 15.7 Å². The van der Waals surface area contributed by atoms with Crippen molar-refractivity contribution in [2.45, 2.75) is 30.2 Å². The van der Waals surface area contributed by atoms with Gasteiger partial charge < -0.3 is 15.7 Å². The van der Waals surface area contributed by atoms with Crippen LogP contribution in [0.4, 0.5) is 14.9 Å². The quantitative estimate of drug-likeness (QED) is 0.643. The summed E-state index contributed by atoms with van der Waals surface area (Å²) >= 11 is 0. The van der Waals surface area contributed by atoms with E-state index in [1.165, 1.54) is 18.4 Å². The number of aliphatic carboxylic acids is 1. The number of halogens is 1. The van der Waals surface area contributed by atoms with Gasteiger partial charge in [0.2, 0.25) is 0 Å². The van der Waals surface area contributed by atoms with Gasteiger partial charge in [-0.25, -0.2) is 9.18 Å². The maximum atomic E-state index is 13.9. The summed E-state index contributed by atoms with van der Waals surface area (Å²) < 4.78 is 25.3. The minimum Gasteiger partial charge on any atom is -0.481 e. The number of carbonyl (C=O) groups is 2. The fraction of sp³-hybridized carbons (Fsp3) is 0.263. The number of carboxylic acid groups (broad SMARTS) is 1. The van der Waals surface area contributed by atoms with Crippen molar-refractivity contribution < 1.29 is 23.3 Å². The number of carbonyl (C=O) groups excluding carboxylic acids is 1. The number of benzene rings is 2. The average molecular weight is 392 g/mol. The monoisotopic (exact) mass is 392 g/mol. The van der Waals surface area contributed by atoms with Crippen molar-refractivity contribution in [2.24, 2.45) is 0 Å². The molecule has 144 valence electrons. The minimum absolute atomic E-state index is 0.0596. The van der Waals surface area contributed by atoms with Crippen molar-refractivity contribution >= 4 is 28.5 Å². The van der Waals surface area contributed by atoms with Gasteiger partial charge in [-0.1, -0.05) is 30.3 Å². The van der Waals surface area contributed by atoms with Crippen molar-refractivity contribution in [1.29, 1.82) is 0 Å². The fourth-order valence-corrected chi connectivity index (χ4v) is 3.18. The highest BCUT2D eigenvalue weighted by Crippen LogP contribution is 2.17. The van der Waals surface area contributed by atoms with Gasteiger partial charge in [0, 0.05) is 24.4 Å². The van der Waals surface area contributed by atoms with Crippen LogP contribution >= 0.6 is 0 Å². The first-order chi connectivity index (χ1) is 12.8. The van der Waals surface area contributed by atoms with Crippen LogP contribution in [-0.4, -0.2) is 33.6 Å². The molecule has 2 amide bonds. The van der Waals surface area contributed by atoms with E-state index in [0.717, 1.165) is 11.6 Å². The Bertz CT molecular complexity index is 830. The van der Waals surface area contributed by atoms with Gasteiger partial charge in [-0.2, -0.15) is 0 Å². The Labute approximate surface area is 159 Å². The van der Waals surface area contributed by atoms with E-state index < -0.39 is 34.7 Å². The molecule has 0 saturated carbocycles. The molecule has 0 saturated heterocycles. The Morgan fingerprint density at radius 2 is 1.89 bits per heavy atom. The maximum absolute atomic E-state index is 13.9. The third-order valence-corrected chi connectivity index (χ3v) is 4.82. The topological polar surface area (TPSA) is 95.5 Å². The minimum atomic E-state index is -1.46. The molecule has 0 aliphatic rings. The molecule has 2 unspecified atom stereocenters.